The number of nitrogens with one attached hydrogen (secondary N) is 1. The van der Waals surface area contributed by atoms with Gasteiger partial charge in [-0.1, -0.05) is 12.8 Å². The summed E-state index contributed by atoms with van der Waals surface area (Å²) in [4.78, 5) is 22.1. The second-order valence-corrected chi connectivity index (χ2v) is 5.81. The molecule has 132 valence electrons. The number of amides is 1. The van der Waals surface area contributed by atoms with Crippen LogP contribution in [0, 0.1) is 16.0 Å². The van der Waals surface area contributed by atoms with Crippen molar-refractivity contribution in [1.29, 1.82) is 0 Å². The van der Waals surface area contributed by atoms with Gasteiger partial charge in [0.1, 0.15) is 5.56 Å². The number of nitrogens with zero attached hydrogens (tertiary/aromatic N) is 1. The number of nitro groups is 1. The van der Waals surface area contributed by atoms with Gasteiger partial charge < -0.3 is 10.4 Å². The summed E-state index contributed by atoms with van der Waals surface area (Å²) in [6, 6.07) is 1.79. The van der Waals surface area contributed by atoms with Crippen molar-refractivity contribution in [3.05, 3.63) is 39.4 Å². The van der Waals surface area contributed by atoms with Crippen LogP contribution < -0.4 is 5.32 Å². The molecule has 0 bridgehead atoms. The van der Waals surface area contributed by atoms with E-state index in [0.717, 1.165) is 25.3 Å². The molecule has 1 fully saturated rings. The number of aliphatic hydroxyl groups is 1. The second kappa shape index (κ2) is 7.16. The number of hydrogen-bond donors (Lipinski definition) is 2. The van der Waals surface area contributed by atoms with Crippen LogP contribution in [0.25, 0.3) is 0 Å². The van der Waals surface area contributed by atoms with Crippen LogP contribution in [0.15, 0.2) is 18.2 Å². The molecular weight excluding hydrogens is 329 g/mol. The third-order valence-electron chi connectivity index (χ3n) is 4.16. The normalized spacial score (nSPS) is 21.3. The molecule has 0 spiro atoms. The number of hydrogen-bond acceptors (Lipinski definition) is 4. The Morgan fingerprint density at radius 1 is 1.33 bits per heavy atom. The molecule has 1 aromatic rings. The van der Waals surface area contributed by atoms with E-state index in [9.17, 15) is 33.2 Å². The summed E-state index contributed by atoms with van der Waals surface area (Å²) in [7, 11) is 0. The van der Waals surface area contributed by atoms with E-state index in [0.29, 0.717) is 18.6 Å². The van der Waals surface area contributed by atoms with E-state index in [2.05, 4.69) is 5.32 Å². The fourth-order valence-electron chi connectivity index (χ4n) is 2.80. The maximum atomic E-state index is 12.6. The first kappa shape index (κ1) is 18.2. The molecule has 0 radical (unpaired) electrons. The number of benzene rings is 1. The maximum Gasteiger partial charge on any atom is 0.416 e. The zero-order valence-corrected chi connectivity index (χ0v) is 12.7. The predicted molar refractivity (Wildman–Crippen MR) is 78.4 cm³/mol. The molecule has 1 aromatic carbocycles. The molecule has 0 aromatic heterocycles. The number of carbonyl (C=O) groups excluding carboxylic acids is 1. The van der Waals surface area contributed by atoms with Gasteiger partial charge in [0.2, 0.25) is 0 Å². The van der Waals surface area contributed by atoms with E-state index in [-0.39, 0.29) is 12.5 Å². The molecule has 0 heterocycles. The van der Waals surface area contributed by atoms with Crippen molar-refractivity contribution in [2.75, 3.05) is 6.54 Å². The van der Waals surface area contributed by atoms with Gasteiger partial charge in [-0.05, 0) is 25.0 Å². The minimum absolute atomic E-state index is 0.123. The Hall–Kier alpha value is -2.16. The average Bonchev–Trinajstić information content (AvgIpc) is 2.52. The predicted octanol–water partition coefficient (Wildman–Crippen LogP) is 2.89. The van der Waals surface area contributed by atoms with E-state index in [4.69, 9.17) is 0 Å². The highest BCUT2D eigenvalue weighted by molar-refractivity contribution is 5.98. The number of halogens is 3. The minimum atomic E-state index is -4.73. The lowest BCUT2D eigenvalue weighted by molar-refractivity contribution is -0.385. The Morgan fingerprint density at radius 2 is 2.00 bits per heavy atom. The van der Waals surface area contributed by atoms with Gasteiger partial charge in [0.05, 0.1) is 16.6 Å². The summed E-state index contributed by atoms with van der Waals surface area (Å²) >= 11 is 0. The smallest absolute Gasteiger partial charge is 0.393 e. The van der Waals surface area contributed by atoms with E-state index in [1.807, 2.05) is 0 Å². The third kappa shape index (κ3) is 4.22. The Labute approximate surface area is 135 Å². The highest BCUT2D eigenvalue weighted by Crippen LogP contribution is 2.33. The number of nitro benzene ring substituents is 1. The third-order valence-corrected chi connectivity index (χ3v) is 4.16. The Morgan fingerprint density at radius 3 is 2.58 bits per heavy atom. The van der Waals surface area contributed by atoms with Crippen molar-refractivity contribution in [2.45, 2.75) is 38.0 Å². The van der Waals surface area contributed by atoms with Gasteiger partial charge in [0.15, 0.2) is 0 Å². The van der Waals surface area contributed by atoms with Gasteiger partial charge in [0, 0.05) is 18.5 Å². The Balaban J connectivity index is 2.15. The van der Waals surface area contributed by atoms with E-state index in [1.54, 1.807) is 0 Å². The fourth-order valence-corrected chi connectivity index (χ4v) is 2.80. The molecule has 1 aliphatic carbocycles. The topological polar surface area (TPSA) is 92.5 Å². The summed E-state index contributed by atoms with van der Waals surface area (Å²) < 4.78 is 37.9. The van der Waals surface area contributed by atoms with Crippen LogP contribution >= 0.6 is 0 Å². The highest BCUT2D eigenvalue weighted by atomic mass is 19.4. The number of rotatable bonds is 4. The molecule has 2 atom stereocenters. The molecule has 0 aliphatic heterocycles. The average molecular weight is 346 g/mol. The summed E-state index contributed by atoms with van der Waals surface area (Å²) in [6.07, 6.45) is -2.13. The monoisotopic (exact) mass is 346 g/mol. The molecule has 2 rings (SSSR count). The second-order valence-electron chi connectivity index (χ2n) is 5.81. The van der Waals surface area contributed by atoms with Gasteiger partial charge in [0.25, 0.3) is 11.6 Å². The zero-order valence-electron chi connectivity index (χ0n) is 12.7. The summed E-state index contributed by atoms with van der Waals surface area (Å²) in [6.45, 7) is 0.123. The van der Waals surface area contributed by atoms with Gasteiger partial charge in [-0.25, -0.2) is 0 Å². The largest absolute Gasteiger partial charge is 0.416 e. The lowest BCUT2D eigenvalue weighted by Crippen LogP contribution is -2.36. The molecule has 1 saturated carbocycles. The van der Waals surface area contributed by atoms with Gasteiger partial charge in [-0.2, -0.15) is 13.2 Å². The van der Waals surface area contributed by atoms with Crippen molar-refractivity contribution < 1.29 is 28.0 Å². The maximum absolute atomic E-state index is 12.6. The fraction of sp³-hybridized carbons (Fsp3) is 0.533. The van der Waals surface area contributed by atoms with E-state index in [1.165, 1.54) is 0 Å². The van der Waals surface area contributed by atoms with E-state index >= 15 is 0 Å². The molecule has 6 nitrogen and oxygen atoms in total. The molecule has 1 aliphatic rings. The Kier molecular flexibility index (Phi) is 5.43. The van der Waals surface area contributed by atoms with Crippen molar-refractivity contribution in [3.8, 4) is 0 Å². The molecule has 0 saturated heterocycles. The number of carbonyl (C=O) groups is 1. The zero-order chi connectivity index (χ0) is 17.9. The molecular formula is C15H17F3N2O4. The van der Waals surface area contributed by atoms with Crippen LogP contribution in [-0.4, -0.2) is 28.6 Å². The minimum Gasteiger partial charge on any atom is -0.393 e. The van der Waals surface area contributed by atoms with Gasteiger partial charge >= 0.3 is 6.18 Å². The standard InChI is InChI=1S/C15H17F3N2O4/c16-15(17,18)10-5-6-11(12(7-10)20(23)24)14(22)19-8-9-3-1-2-4-13(9)21/h5-7,9,13,21H,1-4,8H2,(H,19,22)/t9-,13+/m1/s1. The molecule has 0 unspecified atom stereocenters. The summed E-state index contributed by atoms with van der Waals surface area (Å²) in [5, 5.41) is 23.3. The molecule has 1 amide bonds. The summed E-state index contributed by atoms with van der Waals surface area (Å²) in [5.41, 5.74) is -2.52. The summed E-state index contributed by atoms with van der Waals surface area (Å²) in [5.74, 6) is -0.982. The van der Waals surface area contributed by atoms with Crippen LogP contribution in [0.1, 0.15) is 41.6 Å². The first-order valence-corrected chi connectivity index (χ1v) is 7.52. The van der Waals surface area contributed by atoms with Crippen molar-refractivity contribution in [3.63, 3.8) is 0 Å². The molecule has 24 heavy (non-hydrogen) atoms. The first-order valence-electron chi connectivity index (χ1n) is 7.52. The van der Waals surface area contributed by atoms with Crippen LogP contribution in [-0.2, 0) is 6.18 Å². The molecule has 2 N–H and O–H groups in total. The van der Waals surface area contributed by atoms with Crippen molar-refractivity contribution >= 4 is 11.6 Å². The van der Waals surface area contributed by atoms with Gasteiger partial charge in [-0.15, -0.1) is 0 Å². The number of alkyl halides is 3. The van der Waals surface area contributed by atoms with Crippen molar-refractivity contribution in [1.82, 2.24) is 5.32 Å². The Bertz CT molecular complexity index is 634. The SMILES string of the molecule is O=C(NC[C@H]1CCCC[C@@H]1O)c1ccc(C(F)(F)F)cc1[N+](=O)[O-]. The highest BCUT2D eigenvalue weighted by Gasteiger charge is 2.34. The molecule has 9 heteroatoms. The van der Waals surface area contributed by atoms with Crippen LogP contribution in [0.2, 0.25) is 0 Å². The first-order chi connectivity index (χ1) is 11.2. The quantitative estimate of drug-likeness (QED) is 0.648. The lowest BCUT2D eigenvalue weighted by Gasteiger charge is -2.27. The van der Waals surface area contributed by atoms with Gasteiger partial charge in [-0.3, -0.25) is 14.9 Å². The lowest BCUT2D eigenvalue weighted by atomic mass is 9.86. The number of aliphatic hydroxyl groups excluding tert-OH is 1. The van der Waals surface area contributed by atoms with Crippen molar-refractivity contribution in [2.24, 2.45) is 5.92 Å². The van der Waals surface area contributed by atoms with Crippen LogP contribution in [0.5, 0.6) is 0 Å². The van der Waals surface area contributed by atoms with Crippen LogP contribution in [0.3, 0.4) is 0 Å². The van der Waals surface area contributed by atoms with E-state index < -0.39 is 39.9 Å². The van der Waals surface area contributed by atoms with Crippen LogP contribution in [0.4, 0.5) is 18.9 Å².